The molecule has 1 aromatic heterocycles. The summed E-state index contributed by atoms with van der Waals surface area (Å²) in [6.45, 7) is 5.90. The average Bonchev–Trinajstić information content (AvgIpc) is 2.76. The Bertz CT molecular complexity index is 529. The van der Waals surface area contributed by atoms with Crippen molar-refractivity contribution in [3.63, 3.8) is 0 Å². The standard InChI is InChI=1S/C13H15N3O2/c1-12(2,3)10-8-13(11(17)18,16-15-10)9-6-4-5-7-14-9/h4-8H,1-3H3,(H,17,18). The van der Waals surface area contributed by atoms with E-state index in [9.17, 15) is 9.90 Å². The maximum atomic E-state index is 11.6. The summed E-state index contributed by atoms with van der Waals surface area (Å²) in [7, 11) is 0. The molecule has 94 valence electrons. The smallest absolute Gasteiger partial charge is 0.344 e. The molecule has 0 bridgehead atoms. The fourth-order valence-corrected chi connectivity index (χ4v) is 1.68. The minimum absolute atomic E-state index is 0.241. The third kappa shape index (κ3) is 1.92. The van der Waals surface area contributed by atoms with E-state index in [4.69, 9.17) is 0 Å². The Balaban J connectivity index is 2.55. The van der Waals surface area contributed by atoms with Crippen LogP contribution in [0.25, 0.3) is 0 Å². The molecule has 0 spiro atoms. The summed E-state index contributed by atoms with van der Waals surface area (Å²) in [6, 6.07) is 5.13. The number of pyridine rings is 1. The van der Waals surface area contributed by atoms with Crippen LogP contribution in [-0.2, 0) is 10.3 Å². The highest BCUT2D eigenvalue weighted by atomic mass is 16.4. The van der Waals surface area contributed by atoms with Gasteiger partial charge in [0.15, 0.2) is 0 Å². The van der Waals surface area contributed by atoms with Gasteiger partial charge in [-0.05, 0) is 18.2 Å². The normalized spacial score (nSPS) is 22.9. The Labute approximate surface area is 105 Å². The van der Waals surface area contributed by atoms with Crippen LogP contribution >= 0.6 is 0 Å². The fraction of sp³-hybridized carbons (Fsp3) is 0.385. The molecule has 0 aliphatic carbocycles. The third-order valence-electron chi connectivity index (χ3n) is 2.81. The zero-order valence-electron chi connectivity index (χ0n) is 10.6. The third-order valence-corrected chi connectivity index (χ3v) is 2.81. The van der Waals surface area contributed by atoms with Crippen LogP contribution in [0.2, 0.25) is 0 Å². The number of nitrogens with zero attached hydrogens (tertiary/aromatic N) is 3. The SMILES string of the molecule is CC(C)(C)C1=CC(C(=O)O)(c2ccccn2)N=N1. The van der Waals surface area contributed by atoms with Crippen LogP contribution in [-0.4, -0.2) is 16.1 Å². The van der Waals surface area contributed by atoms with Gasteiger partial charge in [0, 0.05) is 11.6 Å². The van der Waals surface area contributed by atoms with Crippen LogP contribution in [0, 0.1) is 5.41 Å². The number of azo groups is 1. The van der Waals surface area contributed by atoms with Crippen molar-refractivity contribution in [3.05, 3.63) is 41.9 Å². The van der Waals surface area contributed by atoms with Gasteiger partial charge >= 0.3 is 5.97 Å². The number of carbonyl (C=O) groups is 1. The second-order valence-corrected chi connectivity index (χ2v) is 5.27. The molecule has 1 aliphatic heterocycles. The highest BCUT2D eigenvalue weighted by Gasteiger charge is 2.45. The molecule has 5 heteroatoms. The molecule has 2 rings (SSSR count). The van der Waals surface area contributed by atoms with Crippen molar-refractivity contribution in [2.45, 2.75) is 26.3 Å². The lowest BCUT2D eigenvalue weighted by Crippen LogP contribution is -2.31. The van der Waals surface area contributed by atoms with Crippen molar-refractivity contribution in [1.29, 1.82) is 0 Å². The molecule has 5 nitrogen and oxygen atoms in total. The summed E-state index contributed by atoms with van der Waals surface area (Å²) in [5.41, 5.74) is -0.685. The number of rotatable bonds is 2. The van der Waals surface area contributed by atoms with Gasteiger partial charge in [-0.25, -0.2) is 4.79 Å². The molecule has 18 heavy (non-hydrogen) atoms. The Hall–Kier alpha value is -2.04. The molecule has 0 amide bonds. The summed E-state index contributed by atoms with van der Waals surface area (Å²) >= 11 is 0. The lowest BCUT2D eigenvalue weighted by molar-refractivity contribution is -0.141. The van der Waals surface area contributed by atoms with Gasteiger partial charge in [-0.2, -0.15) is 10.2 Å². The number of carboxylic acids is 1. The van der Waals surface area contributed by atoms with Crippen LogP contribution in [0.3, 0.4) is 0 Å². The second kappa shape index (κ2) is 4.01. The van der Waals surface area contributed by atoms with Gasteiger partial charge in [-0.3, -0.25) is 4.98 Å². The van der Waals surface area contributed by atoms with Crippen molar-refractivity contribution in [2.75, 3.05) is 0 Å². The zero-order chi connectivity index (χ0) is 13.4. The predicted molar refractivity (Wildman–Crippen MR) is 65.9 cm³/mol. The molecule has 0 radical (unpaired) electrons. The lowest BCUT2D eigenvalue weighted by Gasteiger charge is -2.18. The van der Waals surface area contributed by atoms with Crippen molar-refractivity contribution in [3.8, 4) is 0 Å². The predicted octanol–water partition coefficient (Wildman–Crippen LogP) is 2.76. The summed E-state index contributed by atoms with van der Waals surface area (Å²) in [5.74, 6) is -1.07. The first-order valence-corrected chi connectivity index (χ1v) is 5.67. The van der Waals surface area contributed by atoms with E-state index in [0.29, 0.717) is 11.4 Å². The Morgan fingerprint density at radius 3 is 2.50 bits per heavy atom. The van der Waals surface area contributed by atoms with E-state index in [0.717, 1.165) is 0 Å². The lowest BCUT2D eigenvalue weighted by atomic mass is 9.87. The number of allylic oxidation sites excluding steroid dienone is 1. The second-order valence-electron chi connectivity index (χ2n) is 5.27. The van der Waals surface area contributed by atoms with Crippen LogP contribution in [0.1, 0.15) is 26.5 Å². The first-order valence-electron chi connectivity index (χ1n) is 5.67. The van der Waals surface area contributed by atoms with Gasteiger partial charge in [-0.15, -0.1) is 0 Å². The van der Waals surface area contributed by atoms with Crippen LogP contribution in [0.4, 0.5) is 0 Å². The van der Waals surface area contributed by atoms with Crippen molar-refractivity contribution in [2.24, 2.45) is 15.6 Å². The van der Waals surface area contributed by atoms with Crippen molar-refractivity contribution < 1.29 is 9.90 Å². The van der Waals surface area contributed by atoms with E-state index in [2.05, 4.69) is 15.2 Å². The molecule has 1 N–H and O–H groups in total. The molecular weight excluding hydrogens is 230 g/mol. The number of hydrogen-bond acceptors (Lipinski definition) is 4. The van der Waals surface area contributed by atoms with Gasteiger partial charge in [0.25, 0.3) is 0 Å². The van der Waals surface area contributed by atoms with Crippen molar-refractivity contribution >= 4 is 5.97 Å². The topological polar surface area (TPSA) is 74.9 Å². The summed E-state index contributed by atoms with van der Waals surface area (Å²) in [4.78, 5) is 15.6. The molecule has 0 fully saturated rings. The number of carboxylic acid groups (broad SMARTS) is 1. The van der Waals surface area contributed by atoms with Gasteiger partial charge in [-0.1, -0.05) is 26.8 Å². The molecule has 1 atom stereocenters. The first kappa shape index (κ1) is 12.4. The van der Waals surface area contributed by atoms with Crippen LogP contribution in [0.5, 0.6) is 0 Å². The molecule has 1 aliphatic rings. The molecule has 0 saturated heterocycles. The summed E-state index contributed by atoms with van der Waals surface area (Å²) in [6.07, 6.45) is 3.14. The molecule has 1 unspecified atom stereocenters. The number of aromatic nitrogens is 1. The number of aliphatic carboxylic acids is 1. The summed E-state index contributed by atoms with van der Waals surface area (Å²) < 4.78 is 0. The quantitative estimate of drug-likeness (QED) is 0.870. The number of hydrogen-bond donors (Lipinski definition) is 1. The Morgan fingerprint density at radius 1 is 1.33 bits per heavy atom. The monoisotopic (exact) mass is 245 g/mol. The largest absolute Gasteiger partial charge is 0.479 e. The summed E-state index contributed by atoms with van der Waals surface area (Å²) in [5, 5.41) is 17.4. The highest BCUT2D eigenvalue weighted by molar-refractivity contribution is 5.83. The zero-order valence-corrected chi connectivity index (χ0v) is 10.6. The molecule has 0 aromatic carbocycles. The minimum atomic E-state index is -1.48. The van der Waals surface area contributed by atoms with Gasteiger partial charge in [0.2, 0.25) is 5.54 Å². The van der Waals surface area contributed by atoms with Crippen LogP contribution < -0.4 is 0 Å². The van der Waals surface area contributed by atoms with Gasteiger partial charge in [0.1, 0.15) is 0 Å². The molecule has 1 aromatic rings. The first-order chi connectivity index (χ1) is 8.36. The molecule has 0 saturated carbocycles. The van der Waals surface area contributed by atoms with Gasteiger partial charge in [0.05, 0.1) is 11.4 Å². The maximum Gasteiger partial charge on any atom is 0.344 e. The van der Waals surface area contributed by atoms with Gasteiger partial charge < -0.3 is 5.11 Å². The molecule has 2 heterocycles. The van der Waals surface area contributed by atoms with E-state index < -0.39 is 11.5 Å². The van der Waals surface area contributed by atoms with E-state index in [1.165, 1.54) is 0 Å². The van der Waals surface area contributed by atoms with Crippen molar-refractivity contribution in [1.82, 2.24) is 4.98 Å². The molecular formula is C13H15N3O2. The fourth-order valence-electron chi connectivity index (χ4n) is 1.68. The Morgan fingerprint density at radius 2 is 2.06 bits per heavy atom. The van der Waals surface area contributed by atoms with E-state index in [-0.39, 0.29) is 5.41 Å². The van der Waals surface area contributed by atoms with E-state index in [1.807, 2.05) is 20.8 Å². The Kier molecular flexibility index (Phi) is 2.77. The highest BCUT2D eigenvalue weighted by Crippen LogP contribution is 2.40. The van der Waals surface area contributed by atoms with E-state index in [1.54, 1.807) is 30.5 Å². The maximum absolute atomic E-state index is 11.6. The van der Waals surface area contributed by atoms with Crippen LogP contribution in [0.15, 0.2) is 46.4 Å². The van der Waals surface area contributed by atoms with E-state index >= 15 is 0 Å². The average molecular weight is 245 g/mol. The minimum Gasteiger partial charge on any atom is -0.479 e.